The molecule has 1 atom stereocenters. The van der Waals surface area contributed by atoms with Crippen molar-refractivity contribution in [1.29, 1.82) is 0 Å². The van der Waals surface area contributed by atoms with Crippen molar-refractivity contribution in [2.45, 2.75) is 6.17 Å². The topological polar surface area (TPSA) is 53.7 Å². The number of amides is 1. The molecule has 2 aromatic carbocycles. The van der Waals surface area contributed by atoms with E-state index in [4.69, 9.17) is 0 Å². The minimum atomic E-state index is -0.380. The Bertz CT molecular complexity index is 1010. The Morgan fingerprint density at radius 1 is 1.08 bits per heavy atom. The summed E-state index contributed by atoms with van der Waals surface area (Å²) in [6.45, 7) is 0. The molecule has 2 aliphatic rings. The highest BCUT2D eigenvalue weighted by Gasteiger charge is 2.40. The molecule has 1 unspecified atom stereocenters. The van der Waals surface area contributed by atoms with Crippen molar-refractivity contribution in [3.63, 3.8) is 0 Å². The van der Waals surface area contributed by atoms with Crippen molar-refractivity contribution in [1.82, 2.24) is 14.6 Å². The van der Waals surface area contributed by atoms with Crippen LogP contribution in [0.5, 0.6) is 0 Å². The molecule has 0 fully saturated rings. The van der Waals surface area contributed by atoms with Crippen LogP contribution < -0.4 is 5.01 Å². The minimum Gasteiger partial charge on any atom is -0.284 e. The fraction of sp³-hybridized carbons (Fsp3) is 0.0556. The number of fused-ring (bicyclic) bond motifs is 6. The Morgan fingerprint density at radius 3 is 2.72 bits per heavy atom. The van der Waals surface area contributed by atoms with E-state index in [-0.39, 0.29) is 17.9 Å². The fourth-order valence-electron chi connectivity index (χ4n) is 3.25. The normalized spacial score (nSPS) is 17.2. The Kier molecular flexibility index (Phi) is 2.79. The molecule has 5 rings (SSSR count). The van der Waals surface area contributed by atoms with Crippen LogP contribution >= 0.6 is 0 Å². The number of para-hydroxylation sites is 1. The number of halogens is 1. The van der Waals surface area contributed by atoms with Crippen LogP contribution in [0, 0.1) is 5.82 Å². The number of anilines is 1. The summed E-state index contributed by atoms with van der Waals surface area (Å²) in [7, 11) is 0. The second kappa shape index (κ2) is 5.01. The molecule has 2 aliphatic heterocycles. The van der Waals surface area contributed by atoms with Crippen LogP contribution in [-0.2, 0) is 0 Å². The standard InChI is InChI=1S/C18H12FN5O/c19-13-7-5-12(6-8-13)18(25)23-11-21-17-14-3-1-2-4-15(14)22-10-20-9-16(22)24(17)23/h1-11,17H. The molecular formula is C18H12FN5O. The molecule has 6 nitrogen and oxygen atoms in total. The molecular weight excluding hydrogens is 321 g/mol. The van der Waals surface area contributed by atoms with E-state index in [1.807, 2.05) is 28.8 Å². The van der Waals surface area contributed by atoms with Gasteiger partial charge in [-0.25, -0.2) is 24.4 Å². The molecule has 122 valence electrons. The lowest BCUT2D eigenvalue weighted by molar-refractivity contribution is 0.0839. The zero-order valence-electron chi connectivity index (χ0n) is 13.0. The Hall–Kier alpha value is -3.48. The van der Waals surface area contributed by atoms with Crippen molar-refractivity contribution < 1.29 is 9.18 Å². The van der Waals surface area contributed by atoms with Gasteiger partial charge in [0.25, 0.3) is 5.91 Å². The van der Waals surface area contributed by atoms with Crippen molar-refractivity contribution in [2.75, 3.05) is 5.01 Å². The van der Waals surface area contributed by atoms with E-state index in [0.29, 0.717) is 5.56 Å². The van der Waals surface area contributed by atoms with Gasteiger partial charge in [-0.15, -0.1) is 0 Å². The number of hydrogen-bond donors (Lipinski definition) is 0. The van der Waals surface area contributed by atoms with Crippen molar-refractivity contribution in [3.8, 4) is 5.69 Å². The van der Waals surface area contributed by atoms with Gasteiger partial charge in [0.15, 0.2) is 12.0 Å². The lowest BCUT2D eigenvalue weighted by atomic mass is 10.1. The average Bonchev–Trinajstić information content (AvgIpc) is 3.29. The number of hydrogen-bond acceptors (Lipinski definition) is 4. The zero-order chi connectivity index (χ0) is 17.0. The molecule has 1 amide bonds. The van der Waals surface area contributed by atoms with Gasteiger partial charge in [-0.05, 0) is 30.3 Å². The highest BCUT2D eigenvalue weighted by Crippen LogP contribution is 2.41. The first-order valence-corrected chi connectivity index (χ1v) is 7.77. The van der Waals surface area contributed by atoms with Gasteiger partial charge >= 0.3 is 0 Å². The van der Waals surface area contributed by atoms with Crippen LogP contribution in [0.1, 0.15) is 22.1 Å². The summed E-state index contributed by atoms with van der Waals surface area (Å²) in [6.07, 6.45) is 4.59. The Morgan fingerprint density at radius 2 is 1.88 bits per heavy atom. The number of carbonyl (C=O) groups is 1. The maximum Gasteiger partial charge on any atom is 0.278 e. The number of aliphatic imine (C=N–C) groups is 1. The first-order valence-electron chi connectivity index (χ1n) is 7.77. The van der Waals surface area contributed by atoms with Gasteiger partial charge in [0.2, 0.25) is 0 Å². The second-order valence-electron chi connectivity index (χ2n) is 5.82. The molecule has 0 radical (unpaired) electrons. The quantitative estimate of drug-likeness (QED) is 0.688. The largest absolute Gasteiger partial charge is 0.284 e. The van der Waals surface area contributed by atoms with Gasteiger partial charge in [0.05, 0.1) is 11.9 Å². The van der Waals surface area contributed by atoms with Crippen LogP contribution in [0.15, 0.2) is 66.0 Å². The number of imidazole rings is 1. The Balaban J connectivity index is 1.60. The van der Waals surface area contributed by atoms with E-state index in [2.05, 4.69) is 9.98 Å². The fourth-order valence-corrected chi connectivity index (χ4v) is 3.25. The van der Waals surface area contributed by atoms with Crippen LogP contribution in [0.3, 0.4) is 0 Å². The smallest absolute Gasteiger partial charge is 0.278 e. The third-order valence-electron chi connectivity index (χ3n) is 4.41. The van der Waals surface area contributed by atoms with Crippen LogP contribution in [0.25, 0.3) is 5.69 Å². The second-order valence-corrected chi connectivity index (χ2v) is 5.82. The molecule has 7 heteroatoms. The lowest BCUT2D eigenvalue weighted by Gasteiger charge is -2.36. The monoisotopic (exact) mass is 333 g/mol. The van der Waals surface area contributed by atoms with Crippen molar-refractivity contribution >= 4 is 18.1 Å². The number of rotatable bonds is 1. The first-order chi connectivity index (χ1) is 12.2. The zero-order valence-corrected chi connectivity index (χ0v) is 13.0. The summed E-state index contributed by atoms with van der Waals surface area (Å²) in [5.74, 6) is 0.0875. The highest BCUT2D eigenvalue weighted by atomic mass is 19.1. The summed E-state index contributed by atoms with van der Waals surface area (Å²) in [5, 5.41) is 3.24. The van der Waals surface area contributed by atoms with Crippen LogP contribution in [0.4, 0.5) is 10.2 Å². The number of nitrogens with zero attached hydrogens (tertiary/aromatic N) is 5. The van der Waals surface area contributed by atoms with E-state index in [0.717, 1.165) is 17.1 Å². The molecule has 1 aromatic heterocycles. The summed E-state index contributed by atoms with van der Waals surface area (Å²) < 4.78 is 15.1. The van der Waals surface area contributed by atoms with Gasteiger partial charge < -0.3 is 0 Å². The predicted octanol–water partition coefficient (Wildman–Crippen LogP) is 2.93. The summed E-state index contributed by atoms with van der Waals surface area (Å²) in [5.41, 5.74) is 2.36. The minimum absolute atomic E-state index is 0.279. The van der Waals surface area contributed by atoms with E-state index < -0.39 is 0 Å². The van der Waals surface area contributed by atoms with Crippen LogP contribution in [-0.4, -0.2) is 26.8 Å². The SMILES string of the molecule is O=C(c1ccc(F)cc1)N1C=NC2c3ccccc3-n3cncc3N21. The lowest BCUT2D eigenvalue weighted by Crippen LogP contribution is -2.45. The van der Waals surface area contributed by atoms with Gasteiger partial charge in [-0.3, -0.25) is 9.36 Å². The van der Waals surface area contributed by atoms with Gasteiger partial charge in [0.1, 0.15) is 18.5 Å². The summed E-state index contributed by atoms with van der Waals surface area (Å²) in [6, 6.07) is 13.4. The van der Waals surface area contributed by atoms with Crippen LogP contribution in [0.2, 0.25) is 0 Å². The molecule has 0 saturated heterocycles. The van der Waals surface area contributed by atoms with Gasteiger partial charge in [0, 0.05) is 11.1 Å². The number of benzene rings is 2. The number of aromatic nitrogens is 2. The number of hydrazine groups is 1. The molecule has 0 N–H and O–H groups in total. The van der Waals surface area contributed by atoms with E-state index >= 15 is 0 Å². The van der Waals surface area contributed by atoms with Crippen molar-refractivity contribution in [2.24, 2.45) is 4.99 Å². The summed E-state index contributed by atoms with van der Waals surface area (Å²) in [4.78, 5) is 21.6. The predicted molar refractivity (Wildman–Crippen MR) is 89.8 cm³/mol. The molecule has 0 bridgehead atoms. The summed E-state index contributed by atoms with van der Waals surface area (Å²) >= 11 is 0. The van der Waals surface area contributed by atoms with Crippen molar-refractivity contribution in [3.05, 3.63) is 78.0 Å². The third-order valence-corrected chi connectivity index (χ3v) is 4.41. The Labute approximate surface area is 142 Å². The first kappa shape index (κ1) is 13.9. The van der Waals surface area contributed by atoms with Gasteiger partial charge in [-0.1, -0.05) is 18.2 Å². The maximum absolute atomic E-state index is 13.1. The molecule has 0 spiro atoms. The molecule has 3 aromatic rings. The van der Waals surface area contributed by atoms with Gasteiger partial charge in [-0.2, -0.15) is 0 Å². The van der Waals surface area contributed by atoms with E-state index in [9.17, 15) is 9.18 Å². The molecule has 25 heavy (non-hydrogen) atoms. The molecule has 0 saturated carbocycles. The van der Waals surface area contributed by atoms with E-state index in [1.54, 1.807) is 17.5 Å². The average molecular weight is 333 g/mol. The van der Waals surface area contributed by atoms with E-state index in [1.165, 1.54) is 35.6 Å². The molecule has 3 heterocycles. The number of carbonyl (C=O) groups excluding carboxylic acids is 1. The maximum atomic E-state index is 13.1. The third kappa shape index (κ3) is 1.92. The highest BCUT2D eigenvalue weighted by molar-refractivity contribution is 6.02. The molecule has 0 aliphatic carbocycles.